The Kier molecular flexibility index (Phi) is 9.60. The molecule has 9 aromatic carbocycles. The summed E-state index contributed by atoms with van der Waals surface area (Å²) in [6.07, 6.45) is 9.73. The first kappa shape index (κ1) is 38.3. The number of fused-ring (bicyclic) bond motifs is 8. The summed E-state index contributed by atoms with van der Waals surface area (Å²) in [5, 5.41) is 19.1. The number of nitrogens with one attached hydrogen (secondary N) is 1. The minimum Gasteiger partial charge on any atom is -0.309 e. The molecular formula is C60H42N4. The van der Waals surface area contributed by atoms with E-state index >= 15 is 0 Å². The zero-order chi connectivity index (χ0) is 43.1. The van der Waals surface area contributed by atoms with Gasteiger partial charge in [-0.25, -0.2) is 4.99 Å². The summed E-state index contributed by atoms with van der Waals surface area (Å²) in [4.78, 5) is 5.07. The van der Waals surface area contributed by atoms with E-state index in [0.29, 0.717) is 11.3 Å². The Bertz CT molecular complexity index is 3710. The first-order valence-electron chi connectivity index (χ1n) is 21.5. The molecule has 64 heavy (non-hydrogen) atoms. The van der Waals surface area contributed by atoms with E-state index < -0.39 is 0 Å². The summed E-state index contributed by atoms with van der Waals surface area (Å²) in [6.45, 7) is 8.26. The molecule has 0 spiro atoms. The number of aromatic nitrogens is 2. The van der Waals surface area contributed by atoms with E-state index in [9.17, 15) is 5.41 Å². The van der Waals surface area contributed by atoms with Crippen LogP contribution in [-0.2, 0) is 0 Å². The Morgan fingerprint density at radius 3 is 1.64 bits per heavy atom. The van der Waals surface area contributed by atoms with Crippen molar-refractivity contribution in [2.24, 2.45) is 4.99 Å². The smallest absolute Gasteiger partial charge is 0.0964 e. The molecule has 0 fully saturated rings. The molecule has 2 heterocycles. The third kappa shape index (κ3) is 6.75. The van der Waals surface area contributed by atoms with Crippen LogP contribution in [0, 0.1) is 5.41 Å². The first-order chi connectivity index (χ1) is 31.5. The lowest BCUT2D eigenvalue weighted by Crippen LogP contribution is -2.16. The van der Waals surface area contributed by atoms with Crippen molar-refractivity contribution in [3.63, 3.8) is 0 Å². The van der Waals surface area contributed by atoms with Crippen LogP contribution >= 0.6 is 0 Å². The maximum absolute atomic E-state index is 9.55. The van der Waals surface area contributed by atoms with Gasteiger partial charge in [-0.15, -0.1) is 0 Å². The highest BCUT2D eigenvalue weighted by Crippen LogP contribution is 2.38. The van der Waals surface area contributed by atoms with Crippen molar-refractivity contribution < 1.29 is 0 Å². The summed E-state index contributed by atoms with van der Waals surface area (Å²) in [5.41, 5.74) is 11.8. The topological polar surface area (TPSA) is 46.1 Å². The minimum absolute atomic E-state index is 0.248. The summed E-state index contributed by atoms with van der Waals surface area (Å²) in [7, 11) is 0. The number of hydrogen-bond donors (Lipinski definition) is 1. The van der Waals surface area contributed by atoms with Crippen molar-refractivity contribution in [1.82, 2.24) is 9.13 Å². The molecule has 4 nitrogen and oxygen atoms in total. The highest BCUT2D eigenvalue weighted by atomic mass is 15.0. The van der Waals surface area contributed by atoms with Crippen LogP contribution in [0.15, 0.2) is 236 Å². The van der Waals surface area contributed by atoms with Crippen LogP contribution in [0.1, 0.15) is 16.7 Å². The van der Waals surface area contributed by atoms with Crippen molar-refractivity contribution >= 4 is 94.4 Å². The van der Waals surface area contributed by atoms with Crippen LogP contribution in [0.4, 0.5) is 5.69 Å². The molecule has 0 aliphatic heterocycles. The Morgan fingerprint density at radius 2 is 0.984 bits per heavy atom. The fourth-order valence-corrected chi connectivity index (χ4v) is 9.14. The second-order valence-corrected chi connectivity index (χ2v) is 16.1. The summed E-state index contributed by atoms with van der Waals surface area (Å²) >= 11 is 0. The number of benzene rings is 9. The van der Waals surface area contributed by atoms with Gasteiger partial charge in [-0.05, 0) is 117 Å². The van der Waals surface area contributed by atoms with Gasteiger partial charge in [0, 0.05) is 38.5 Å². The molecule has 0 aliphatic rings. The van der Waals surface area contributed by atoms with Crippen LogP contribution in [-0.4, -0.2) is 20.6 Å². The second-order valence-electron chi connectivity index (χ2n) is 16.1. The van der Waals surface area contributed by atoms with E-state index in [-0.39, 0.29) is 5.71 Å². The maximum atomic E-state index is 9.55. The number of nitrogens with zero attached hydrogens (tertiary/aromatic N) is 3. The van der Waals surface area contributed by atoms with Crippen LogP contribution < -0.4 is 0 Å². The third-order valence-corrected chi connectivity index (χ3v) is 12.2. The highest BCUT2D eigenvalue weighted by molar-refractivity contribution is 6.53. The molecule has 1 N–H and O–H groups in total. The molecule has 4 heteroatoms. The van der Waals surface area contributed by atoms with Crippen molar-refractivity contribution in [1.29, 1.82) is 5.41 Å². The third-order valence-electron chi connectivity index (χ3n) is 12.2. The summed E-state index contributed by atoms with van der Waals surface area (Å²) in [6, 6.07) is 68.3. The van der Waals surface area contributed by atoms with Crippen LogP contribution in [0.2, 0.25) is 0 Å². The Hall–Kier alpha value is -8.60. The molecule has 11 aromatic rings. The van der Waals surface area contributed by atoms with Gasteiger partial charge in [0.25, 0.3) is 0 Å². The Morgan fingerprint density at radius 1 is 0.469 bits per heavy atom. The van der Waals surface area contributed by atoms with Crippen LogP contribution in [0.3, 0.4) is 0 Å². The highest BCUT2D eigenvalue weighted by Gasteiger charge is 2.19. The summed E-state index contributed by atoms with van der Waals surface area (Å²) in [5.74, 6) is 0. The van der Waals surface area contributed by atoms with Crippen LogP contribution in [0.5, 0.6) is 0 Å². The lowest BCUT2D eigenvalue weighted by atomic mass is 9.97. The van der Waals surface area contributed by atoms with E-state index in [1.165, 1.54) is 43.4 Å². The fourth-order valence-electron chi connectivity index (χ4n) is 9.14. The number of aliphatic imine (C=N–C) groups is 1. The molecule has 0 atom stereocenters. The van der Waals surface area contributed by atoms with Crippen LogP contribution in [0.25, 0.3) is 88.7 Å². The predicted octanol–water partition coefficient (Wildman–Crippen LogP) is 15.8. The van der Waals surface area contributed by atoms with Crippen molar-refractivity contribution in [2.75, 3.05) is 0 Å². The molecule has 302 valence electrons. The monoisotopic (exact) mass is 818 g/mol. The zero-order valence-electron chi connectivity index (χ0n) is 35.1. The van der Waals surface area contributed by atoms with Crippen molar-refractivity contribution in [3.05, 3.63) is 248 Å². The predicted molar refractivity (Wildman–Crippen MR) is 274 cm³/mol. The van der Waals surface area contributed by atoms with Crippen molar-refractivity contribution in [2.45, 2.75) is 0 Å². The van der Waals surface area contributed by atoms with Gasteiger partial charge in [0.15, 0.2) is 0 Å². The number of rotatable bonds is 10. The Balaban J connectivity index is 1.01. The van der Waals surface area contributed by atoms with Gasteiger partial charge in [0.1, 0.15) is 0 Å². The molecule has 2 aromatic heterocycles. The van der Waals surface area contributed by atoms with E-state index in [0.717, 1.165) is 55.6 Å². The van der Waals surface area contributed by atoms with Gasteiger partial charge in [0.2, 0.25) is 0 Å². The fraction of sp³-hybridized carbons (Fsp3) is 0. The van der Waals surface area contributed by atoms with Crippen molar-refractivity contribution in [3.8, 4) is 11.4 Å². The number of para-hydroxylation sites is 3. The maximum Gasteiger partial charge on any atom is 0.0964 e. The molecule has 0 aliphatic carbocycles. The van der Waals surface area contributed by atoms with E-state index in [4.69, 9.17) is 4.99 Å². The van der Waals surface area contributed by atoms with Gasteiger partial charge < -0.3 is 9.13 Å². The second kappa shape index (κ2) is 16.0. The minimum atomic E-state index is 0.248. The van der Waals surface area contributed by atoms with E-state index in [2.05, 4.69) is 186 Å². The average molecular weight is 819 g/mol. The summed E-state index contributed by atoms with van der Waals surface area (Å²) < 4.78 is 4.74. The quantitative estimate of drug-likeness (QED) is 0.106. The SMILES string of the molecule is C=C/C=C\c1cc2ccccc2cc1/C=C\C(=C)C(=N)/C(=N\c1ccccc1)c1ccc(-n2c3ccc(-n4c5ccccc5c5ccccc54)cc3c3cc4ccccc4cc32)cc1. The molecule has 0 bridgehead atoms. The molecule has 0 unspecified atom stereocenters. The standard InChI is InChI=1S/C60H42N4/c1-3-4-16-42-35-43-17-8-9-18-44(43)36-47(42)28-27-40(2)59(61)60(62-48-21-6-5-7-22-48)41-29-31-49(32-30-41)63-57-34-33-50(39-54(57)53-37-45-19-10-11-20-46(45)38-58(53)63)64-55-25-14-12-23-51(55)52-24-13-15-26-56(52)64/h3-39,61H,1-2H2/b16-4-,28-27-,61-59?,62-60-. The zero-order valence-corrected chi connectivity index (χ0v) is 35.1. The van der Waals surface area contributed by atoms with Gasteiger partial charge in [-0.3, -0.25) is 5.41 Å². The average Bonchev–Trinajstić information content (AvgIpc) is 3.85. The van der Waals surface area contributed by atoms with E-state index in [1.807, 2.05) is 54.6 Å². The lowest BCUT2D eigenvalue weighted by molar-refractivity contribution is 1.17. The Labute approximate surface area is 371 Å². The first-order valence-corrected chi connectivity index (χ1v) is 21.5. The molecule has 0 amide bonds. The molecule has 0 saturated heterocycles. The molecule has 11 rings (SSSR count). The molecular weight excluding hydrogens is 777 g/mol. The van der Waals surface area contributed by atoms with Gasteiger partial charge in [-0.2, -0.15) is 0 Å². The number of allylic oxidation sites excluding steroid dienone is 4. The van der Waals surface area contributed by atoms with Gasteiger partial charge in [0.05, 0.1) is 39.2 Å². The molecule has 0 saturated carbocycles. The van der Waals surface area contributed by atoms with E-state index in [1.54, 1.807) is 6.08 Å². The van der Waals surface area contributed by atoms with Gasteiger partial charge >= 0.3 is 0 Å². The number of hydrogen-bond acceptors (Lipinski definition) is 2. The normalized spacial score (nSPS) is 12.2. The molecule has 0 radical (unpaired) electrons. The van der Waals surface area contributed by atoms with Gasteiger partial charge in [-0.1, -0.05) is 159 Å². The lowest BCUT2D eigenvalue weighted by Gasteiger charge is -2.13. The largest absolute Gasteiger partial charge is 0.309 e.